The Hall–Kier alpha value is -3.53. The summed E-state index contributed by atoms with van der Waals surface area (Å²) in [5, 5.41) is 5.70. The summed E-state index contributed by atoms with van der Waals surface area (Å²) in [4.78, 5) is 56.9. The molecule has 0 aliphatic heterocycles. The van der Waals surface area contributed by atoms with Gasteiger partial charge in [0.05, 0.1) is 0 Å². The van der Waals surface area contributed by atoms with Gasteiger partial charge in [-0.15, -0.1) is 0 Å². The first-order chi connectivity index (χ1) is 21.2. The summed E-state index contributed by atoms with van der Waals surface area (Å²) >= 11 is 1.54. The van der Waals surface area contributed by atoms with Gasteiger partial charge in [0.15, 0.2) is 0 Å². The molecule has 0 saturated heterocycles. The summed E-state index contributed by atoms with van der Waals surface area (Å²) in [6, 6.07) is 13.6. The average Bonchev–Trinajstić information content (AvgIpc) is 2.91. The summed E-state index contributed by atoms with van der Waals surface area (Å²) in [6.07, 6.45) is 1.72. The maximum Gasteiger partial charge on any atom is 0.408 e. The van der Waals surface area contributed by atoms with Gasteiger partial charge in [-0.2, -0.15) is 11.8 Å². The van der Waals surface area contributed by atoms with E-state index in [9.17, 15) is 19.2 Å². The Labute approximate surface area is 279 Å². The third-order valence-corrected chi connectivity index (χ3v) is 7.39. The number of thioether (sulfide) groups is 1. The second kappa shape index (κ2) is 16.3. The Balaban J connectivity index is 2.63. The van der Waals surface area contributed by atoms with E-state index < -0.39 is 58.7 Å². The standard InChI is InChI=1S/C36H53N3O6S/c1-24-17-19-26(20-18-24)29(30(40)37-28(32(42)44-35(5,6)7)23-25-15-13-12-14-16-25)39(34(2,3)4)31(41)27(21-22-46-11)38-33(43)45-36(8,9)10/h12-20,27-29H,21-23H2,1-11H3,(H,37,40)(H,38,43). The Morgan fingerprint density at radius 2 is 1.35 bits per heavy atom. The van der Waals surface area contributed by atoms with Gasteiger partial charge in [-0.3, -0.25) is 9.59 Å². The third kappa shape index (κ3) is 12.7. The van der Waals surface area contributed by atoms with Crippen LogP contribution in [-0.2, 0) is 30.3 Å². The molecule has 0 aliphatic rings. The molecule has 0 bridgehead atoms. The highest BCUT2D eigenvalue weighted by Gasteiger charge is 2.43. The maximum absolute atomic E-state index is 14.6. The number of benzene rings is 2. The Morgan fingerprint density at radius 1 is 0.783 bits per heavy atom. The molecule has 2 N–H and O–H groups in total. The molecule has 254 valence electrons. The van der Waals surface area contributed by atoms with Crippen LogP contribution in [0.3, 0.4) is 0 Å². The lowest BCUT2D eigenvalue weighted by Gasteiger charge is -2.43. The molecule has 2 aromatic rings. The minimum absolute atomic E-state index is 0.197. The van der Waals surface area contributed by atoms with Crippen molar-refractivity contribution in [1.29, 1.82) is 0 Å². The predicted octanol–water partition coefficient (Wildman–Crippen LogP) is 6.38. The number of esters is 1. The summed E-state index contributed by atoms with van der Waals surface area (Å²) in [5.74, 6) is -0.973. The molecule has 2 aromatic carbocycles. The lowest BCUT2D eigenvalue weighted by Crippen LogP contribution is -2.59. The number of nitrogens with one attached hydrogen (secondary N) is 2. The van der Waals surface area contributed by atoms with E-state index in [0.717, 1.165) is 11.1 Å². The zero-order valence-electron chi connectivity index (χ0n) is 29.4. The van der Waals surface area contributed by atoms with Gasteiger partial charge in [-0.1, -0.05) is 60.2 Å². The van der Waals surface area contributed by atoms with Gasteiger partial charge in [0.1, 0.15) is 29.3 Å². The van der Waals surface area contributed by atoms with Crippen LogP contribution in [0.4, 0.5) is 4.79 Å². The quantitative estimate of drug-likeness (QED) is 0.255. The van der Waals surface area contributed by atoms with Gasteiger partial charge in [0, 0.05) is 12.0 Å². The topological polar surface area (TPSA) is 114 Å². The smallest absolute Gasteiger partial charge is 0.408 e. The molecule has 0 aliphatic carbocycles. The van der Waals surface area contributed by atoms with Crippen molar-refractivity contribution in [2.75, 3.05) is 12.0 Å². The van der Waals surface area contributed by atoms with Crippen LogP contribution in [0.2, 0.25) is 0 Å². The molecular formula is C36H53N3O6S. The zero-order valence-corrected chi connectivity index (χ0v) is 30.2. The predicted molar refractivity (Wildman–Crippen MR) is 185 cm³/mol. The molecule has 0 heterocycles. The first kappa shape index (κ1) is 38.7. The molecular weight excluding hydrogens is 602 g/mol. The van der Waals surface area contributed by atoms with E-state index in [-0.39, 0.29) is 6.42 Å². The fourth-order valence-corrected chi connectivity index (χ4v) is 5.26. The van der Waals surface area contributed by atoms with E-state index in [1.165, 1.54) is 4.90 Å². The van der Waals surface area contributed by atoms with Crippen molar-refractivity contribution in [3.8, 4) is 0 Å². The highest BCUT2D eigenvalue weighted by molar-refractivity contribution is 7.98. The Bertz CT molecular complexity index is 1310. The van der Waals surface area contributed by atoms with Gasteiger partial charge >= 0.3 is 12.1 Å². The van der Waals surface area contributed by atoms with Crippen molar-refractivity contribution >= 4 is 35.6 Å². The molecule has 46 heavy (non-hydrogen) atoms. The number of amides is 3. The number of hydrogen-bond acceptors (Lipinski definition) is 7. The average molecular weight is 656 g/mol. The first-order valence-corrected chi connectivity index (χ1v) is 17.1. The summed E-state index contributed by atoms with van der Waals surface area (Å²) in [7, 11) is 0. The van der Waals surface area contributed by atoms with Crippen LogP contribution >= 0.6 is 11.8 Å². The number of nitrogens with zero attached hydrogens (tertiary/aromatic N) is 1. The van der Waals surface area contributed by atoms with Crippen LogP contribution in [0.5, 0.6) is 0 Å². The van der Waals surface area contributed by atoms with Crippen molar-refractivity contribution in [2.45, 2.75) is 117 Å². The van der Waals surface area contributed by atoms with Crippen molar-refractivity contribution in [1.82, 2.24) is 15.5 Å². The minimum atomic E-state index is -1.13. The summed E-state index contributed by atoms with van der Waals surface area (Å²) in [6.45, 7) is 18.0. The summed E-state index contributed by atoms with van der Waals surface area (Å²) < 4.78 is 11.2. The lowest BCUT2D eigenvalue weighted by molar-refractivity contribution is -0.159. The van der Waals surface area contributed by atoms with Crippen molar-refractivity contribution in [3.63, 3.8) is 0 Å². The molecule has 3 amide bonds. The number of ether oxygens (including phenoxy) is 2. The van der Waals surface area contributed by atoms with E-state index >= 15 is 0 Å². The van der Waals surface area contributed by atoms with Crippen molar-refractivity contribution < 1.29 is 28.7 Å². The fraction of sp³-hybridized carbons (Fsp3) is 0.556. The lowest BCUT2D eigenvalue weighted by atomic mass is 9.94. The second-order valence-electron chi connectivity index (χ2n) is 14.5. The number of carbonyl (C=O) groups excluding carboxylic acids is 4. The molecule has 2 rings (SSSR count). The number of aryl methyl sites for hydroxylation is 1. The highest BCUT2D eigenvalue weighted by atomic mass is 32.2. The van der Waals surface area contributed by atoms with E-state index in [1.807, 2.05) is 88.5 Å². The molecule has 9 nitrogen and oxygen atoms in total. The van der Waals surface area contributed by atoms with E-state index in [0.29, 0.717) is 17.7 Å². The van der Waals surface area contributed by atoms with Crippen LogP contribution < -0.4 is 10.6 Å². The van der Waals surface area contributed by atoms with Crippen LogP contribution in [0.1, 0.15) is 91.5 Å². The molecule has 3 atom stereocenters. The number of carbonyl (C=O) groups is 4. The van der Waals surface area contributed by atoms with Crippen LogP contribution in [0.25, 0.3) is 0 Å². The van der Waals surface area contributed by atoms with Crippen molar-refractivity contribution in [2.24, 2.45) is 0 Å². The number of alkyl carbamates (subject to hydrolysis) is 1. The fourth-order valence-electron chi connectivity index (χ4n) is 4.79. The van der Waals surface area contributed by atoms with Gasteiger partial charge < -0.3 is 25.0 Å². The van der Waals surface area contributed by atoms with E-state index in [1.54, 1.807) is 53.3 Å². The highest BCUT2D eigenvalue weighted by Crippen LogP contribution is 2.31. The zero-order chi connectivity index (χ0) is 34.9. The SMILES string of the molecule is CSCCC(NC(=O)OC(C)(C)C)C(=O)N(C(C(=O)NC(Cc1ccccc1)C(=O)OC(C)(C)C)c1ccc(C)cc1)C(C)(C)C. The van der Waals surface area contributed by atoms with Gasteiger partial charge in [-0.05, 0) is 98.8 Å². The Morgan fingerprint density at radius 3 is 1.85 bits per heavy atom. The molecule has 0 saturated carbocycles. The largest absolute Gasteiger partial charge is 0.458 e. The molecule has 0 aromatic heterocycles. The number of rotatable bonds is 12. The third-order valence-electron chi connectivity index (χ3n) is 6.75. The monoisotopic (exact) mass is 655 g/mol. The van der Waals surface area contributed by atoms with Gasteiger partial charge in [0.2, 0.25) is 11.8 Å². The first-order valence-electron chi connectivity index (χ1n) is 15.7. The Kier molecular flexibility index (Phi) is 13.7. The molecule has 0 fully saturated rings. The minimum Gasteiger partial charge on any atom is -0.458 e. The van der Waals surface area contributed by atoms with Crippen molar-refractivity contribution in [3.05, 3.63) is 71.3 Å². The van der Waals surface area contributed by atoms with E-state index in [4.69, 9.17) is 9.47 Å². The maximum atomic E-state index is 14.6. The summed E-state index contributed by atoms with van der Waals surface area (Å²) in [5.41, 5.74) is -0.0311. The second-order valence-corrected chi connectivity index (χ2v) is 15.4. The molecule has 0 spiro atoms. The van der Waals surface area contributed by atoms with Gasteiger partial charge in [0.25, 0.3) is 0 Å². The van der Waals surface area contributed by atoms with Crippen LogP contribution in [-0.4, -0.2) is 69.6 Å². The van der Waals surface area contributed by atoms with Crippen LogP contribution in [0.15, 0.2) is 54.6 Å². The molecule has 0 radical (unpaired) electrons. The normalized spacial score (nSPS) is 14.0. The number of hydrogen-bond donors (Lipinski definition) is 2. The van der Waals surface area contributed by atoms with E-state index in [2.05, 4.69) is 10.6 Å². The van der Waals surface area contributed by atoms with Gasteiger partial charge in [-0.25, -0.2) is 9.59 Å². The molecule has 10 heteroatoms. The van der Waals surface area contributed by atoms with Crippen LogP contribution in [0, 0.1) is 6.92 Å². The molecule has 3 unspecified atom stereocenters.